The smallest absolute Gasteiger partial charge is 2.00 e. The second kappa shape index (κ2) is 19.3. The van der Waals surface area contributed by atoms with E-state index in [0.717, 1.165) is 0 Å². The van der Waals surface area contributed by atoms with Crippen LogP contribution in [0.4, 0.5) is 0 Å². The van der Waals surface area contributed by atoms with Crippen molar-refractivity contribution in [3.8, 4) is 0 Å². The van der Waals surface area contributed by atoms with Crippen molar-refractivity contribution in [3.63, 3.8) is 0 Å². The second-order valence-electron chi connectivity index (χ2n) is 0. The summed E-state index contributed by atoms with van der Waals surface area (Å²) in [4.78, 5) is 0. The Morgan fingerprint density at radius 1 is 0.750 bits per heavy atom. The summed E-state index contributed by atoms with van der Waals surface area (Å²) in [6.07, 6.45) is 0. The van der Waals surface area contributed by atoms with E-state index >= 15 is 0 Å². The molecule has 0 bridgehead atoms. The fraction of sp³-hybridized carbons (Fsp3) is 0. The van der Waals surface area contributed by atoms with Gasteiger partial charge in [-0.1, -0.05) is 0 Å². The molecule has 0 amide bonds. The standard InChI is InChI=1S/2O.Th.Zr/q2*-2;2*+4. The molecule has 0 unspecified atom stereocenters. The van der Waals surface area contributed by atoms with Crippen LogP contribution in [0.5, 0.6) is 0 Å². The van der Waals surface area contributed by atoms with Crippen molar-refractivity contribution in [1.82, 2.24) is 0 Å². The molecule has 2 nitrogen and oxygen atoms in total. The van der Waals surface area contributed by atoms with Crippen LogP contribution in [0.1, 0.15) is 0 Å². The zero-order valence-electron chi connectivity index (χ0n) is 1.82. The average molecular weight is 355 g/mol. The topological polar surface area (TPSA) is 57.0 Å². The van der Waals surface area contributed by atoms with Crippen molar-refractivity contribution < 1.29 is 77.1 Å². The summed E-state index contributed by atoms with van der Waals surface area (Å²) in [5.41, 5.74) is 0. The molecule has 0 saturated carbocycles. The van der Waals surface area contributed by atoms with Gasteiger partial charge in [0.2, 0.25) is 0 Å². The van der Waals surface area contributed by atoms with E-state index in [1.807, 2.05) is 0 Å². The maximum absolute atomic E-state index is 0. The summed E-state index contributed by atoms with van der Waals surface area (Å²) in [5, 5.41) is 0. The van der Waals surface area contributed by atoms with Crippen LogP contribution in [0.2, 0.25) is 0 Å². The number of rotatable bonds is 0. The number of hydrogen-bond acceptors (Lipinski definition) is 0. The second-order valence-corrected chi connectivity index (χ2v) is 0. The molecule has 0 aromatic rings. The van der Waals surface area contributed by atoms with Gasteiger partial charge in [0.1, 0.15) is 0 Å². The van der Waals surface area contributed by atoms with E-state index in [-0.39, 0.29) is 77.1 Å². The summed E-state index contributed by atoms with van der Waals surface area (Å²) in [6, 6.07) is 0. The molecule has 16 valence electrons. The summed E-state index contributed by atoms with van der Waals surface area (Å²) < 4.78 is 0. The Balaban J connectivity index is 0. The first-order chi connectivity index (χ1) is 0. The molecule has 0 N–H and O–H groups in total. The first kappa shape index (κ1) is 35.6. The fourth-order valence-electron chi connectivity index (χ4n) is 0. The predicted molar refractivity (Wildman–Crippen MR) is 1.37 cm³/mol. The van der Waals surface area contributed by atoms with E-state index in [0.29, 0.717) is 0 Å². The maximum Gasteiger partial charge on any atom is 4.00 e. The number of hydrogen-bond donors (Lipinski definition) is 0. The average Bonchev–Trinajstić information content (AvgIpc) is 0. The molecular formula is O2ThZr+4. The van der Waals surface area contributed by atoms with Gasteiger partial charge in [0.05, 0.1) is 0 Å². The van der Waals surface area contributed by atoms with Crippen molar-refractivity contribution in [2.75, 3.05) is 0 Å². The van der Waals surface area contributed by atoms with Crippen LogP contribution < -0.4 is 0 Å². The Morgan fingerprint density at radius 3 is 0.750 bits per heavy atom. The predicted octanol–water partition coefficient (Wildman–Crippen LogP) is -0.240. The van der Waals surface area contributed by atoms with Crippen LogP contribution in [0.3, 0.4) is 0 Å². The van der Waals surface area contributed by atoms with E-state index in [1.54, 1.807) is 0 Å². The van der Waals surface area contributed by atoms with E-state index < -0.39 is 0 Å². The van der Waals surface area contributed by atoms with Gasteiger partial charge in [-0.25, -0.2) is 0 Å². The monoisotopic (exact) mass is 354 g/mol. The van der Waals surface area contributed by atoms with Gasteiger partial charge in [0.15, 0.2) is 0 Å². The van der Waals surface area contributed by atoms with Gasteiger partial charge in [0.25, 0.3) is 0 Å². The van der Waals surface area contributed by atoms with Gasteiger partial charge < -0.3 is 11.0 Å². The van der Waals surface area contributed by atoms with Gasteiger partial charge in [-0.2, -0.15) is 0 Å². The molecule has 0 fully saturated rings. The molecule has 0 aromatic heterocycles. The van der Waals surface area contributed by atoms with Crippen molar-refractivity contribution >= 4 is 0 Å². The zero-order valence-corrected chi connectivity index (χ0v) is 8.38. The molecule has 0 aliphatic heterocycles. The van der Waals surface area contributed by atoms with Crippen LogP contribution >= 0.6 is 0 Å². The quantitative estimate of drug-likeness (QED) is 0.576. The van der Waals surface area contributed by atoms with E-state index in [1.165, 1.54) is 0 Å². The molecule has 0 aromatic carbocycles. The molecule has 0 aliphatic carbocycles. The SMILES string of the molecule is [O-2].[O-2].[Th+4].[Zr+4]. The molecule has 0 spiro atoms. The Kier molecular flexibility index (Phi) is 172. The third kappa shape index (κ3) is 8.92. The molecule has 0 radical (unpaired) electrons. The third-order valence-corrected chi connectivity index (χ3v) is 0. The summed E-state index contributed by atoms with van der Waals surface area (Å²) >= 11 is 0. The summed E-state index contributed by atoms with van der Waals surface area (Å²) in [6.45, 7) is 0. The Labute approximate surface area is 75.8 Å². The van der Waals surface area contributed by atoms with E-state index in [9.17, 15) is 0 Å². The van der Waals surface area contributed by atoms with Crippen LogP contribution in [0.15, 0.2) is 0 Å². The van der Waals surface area contributed by atoms with Gasteiger partial charge in [-0.3, -0.25) is 0 Å². The van der Waals surface area contributed by atoms with Crippen LogP contribution in [0, 0.1) is 39.9 Å². The molecular weight excluding hydrogens is 355 g/mol. The molecule has 0 aliphatic rings. The Hall–Kier alpha value is 2.13. The van der Waals surface area contributed by atoms with Crippen LogP contribution in [0.25, 0.3) is 0 Å². The van der Waals surface area contributed by atoms with Crippen molar-refractivity contribution in [2.24, 2.45) is 0 Å². The van der Waals surface area contributed by atoms with E-state index in [4.69, 9.17) is 0 Å². The minimum absolute atomic E-state index is 0. The fourth-order valence-corrected chi connectivity index (χ4v) is 0. The Bertz CT molecular complexity index is 6.00. The maximum atomic E-state index is 0. The zero-order chi connectivity index (χ0) is 0. The summed E-state index contributed by atoms with van der Waals surface area (Å²) in [5.74, 6) is 0. The molecule has 0 heterocycles. The molecule has 0 rings (SSSR count). The third-order valence-electron chi connectivity index (χ3n) is 0. The van der Waals surface area contributed by atoms with Crippen LogP contribution in [-0.4, -0.2) is 0 Å². The first-order valence-corrected chi connectivity index (χ1v) is 0. The van der Waals surface area contributed by atoms with Gasteiger partial charge in [-0.05, 0) is 0 Å². The molecule has 4 heteroatoms. The molecule has 0 saturated heterocycles. The van der Waals surface area contributed by atoms with Gasteiger partial charge >= 0.3 is 66.1 Å². The van der Waals surface area contributed by atoms with Crippen molar-refractivity contribution in [2.45, 2.75) is 0 Å². The Morgan fingerprint density at radius 2 is 0.750 bits per heavy atom. The normalized spacial score (nSPS) is 0. The minimum atomic E-state index is 0. The minimum Gasteiger partial charge on any atom is -2.00 e. The van der Waals surface area contributed by atoms with Crippen molar-refractivity contribution in [3.05, 3.63) is 0 Å². The first-order valence-electron chi connectivity index (χ1n) is 0. The van der Waals surface area contributed by atoms with Gasteiger partial charge in [-0.15, -0.1) is 0 Å². The van der Waals surface area contributed by atoms with Crippen molar-refractivity contribution in [1.29, 1.82) is 0 Å². The molecule has 4 heavy (non-hydrogen) atoms. The largest absolute Gasteiger partial charge is 4.00 e. The summed E-state index contributed by atoms with van der Waals surface area (Å²) in [7, 11) is 0. The molecule has 0 atom stereocenters. The van der Waals surface area contributed by atoms with Crippen LogP contribution in [-0.2, 0) is 37.2 Å². The van der Waals surface area contributed by atoms with Gasteiger partial charge in [0, 0.05) is 0 Å². The van der Waals surface area contributed by atoms with E-state index in [2.05, 4.69) is 0 Å².